The second-order valence-electron chi connectivity index (χ2n) is 6.49. The van der Waals surface area contributed by atoms with Gasteiger partial charge in [-0.2, -0.15) is 17.5 Å². The lowest BCUT2D eigenvalue weighted by Gasteiger charge is -2.20. The van der Waals surface area contributed by atoms with Crippen molar-refractivity contribution in [2.75, 3.05) is 18.4 Å². The molecule has 0 spiro atoms. The Bertz CT molecular complexity index is 985. The van der Waals surface area contributed by atoms with E-state index in [9.17, 15) is 26.4 Å². The molecule has 0 heterocycles. The molecule has 29 heavy (non-hydrogen) atoms. The lowest BCUT2D eigenvalue weighted by molar-refractivity contribution is -0.137. The van der Waals surface area contributed by atoms with E-state index in [0.29, 0.717) is 18.7 Å². The van der Waals surface area contributed by atoms with Gasteiger partial charge in [-0.05, 0) is 36.2 Å². The van der Waals surface area contributed by atoms with Gasteiger partial charge in [0.1, 0.15) is 0 Å². The van der Waals surface area contributed by atoms with Gasteiger partial charge >= 0.3 is 6.18 Å². The number of nitrogens with zero attached hydrogens (tertiary/aromatic N) is 1. The molecule has 0 atom stereocenters. The van der Waals surface area contributed by atoms with E-state index in [2.05, 4.69) is 5.32 Å². The molecule has 0 aliphatic carbocycles. The first-order valence-corrected chi connectivity index (χ1v) is 10.5. The largest absolute Gasteiger partial charge is 0.416 e. The van der Waals surface area contributed by atoms with Gasteiger partial charge in [0.05, 0.1) is 16.9 Å². The summed E-state index contributed by atoms with van der Waals surface area (Å²) in [6, 6.07) is 9.03. The normalized spacial score (nSPS) is 12.2. The van der Waals surface area contributed by atoms with Crippen LogP contribution in [-0.2, 0) is 27.4 Å². The lowest BCUT2D eigenvalue weighted by atomic mass is 10.1. The van der Waals surface area contributed by atoms with Crippen molar-refractivity contribution in [2.24, 2.45) is 0 Å². The number of hydrogen-bond donors (Lipinski definition) is 1. The van der Waals surface area contributed by atoms with Gasteiger partial charge in [0.2, 0.25) is 15.9 Å². The summed E-state index contributed by atoms with van der Waals surface area (Å²) in [7, 11) is -3.71. The second kappa shape index (κ2) is 8.96. The maximum atomic E-state index is 12.8. The Labute approximate surface area is 168 Å². The first-order chi connectivity index (χ1) is 13.5. The van der Waals surface area contributed by atoms with Crippen LogP contribution in [0.2, 0.25) is 0 Å². The molecule has 0 fully saturated rings. The third kappa shape index (κ3) is 5.57. The third-order valence-corrected chi connectivity index (χ3v) is 6.61. The first kappa shape index (κ1) is 22.9. The van der Waals surface area contributed by atoms with Crippen molar-refractivity contribution in [3.05, 3.63) is 59.2 Å². The Kier molecular flexibility index (Phi) is 7.07. The quantitative estimate of drug-likeness (QED) is 0.718. The standard InChI is InChI=1S/C20H23F3N2O3S/c1-4-25(5-2)29(27,28)18-13-17(10-9-14(18)3)24-19(26)12-15-7-6-8-16(11-15)20(21,22)23/h6-11,13H,4-5,12H2,1-3H3,(H,24,26). The number of benzene rings is 2. The smallest absolute Gasteiger partial charge is 0.326 e. The van der Waals surface area contributed by atoms with E-state index < -0.39 is 27.7 Å². The Balaban J connectivity index is 2.22. The molecule has 0 radical (unpaired) electrons. The molecule has 2 aromatic carbocycles. The zero-order chi connectivity index (χ0) is 21.8. The molecule has 0 saturated heterocycles. The van der Waals surface area contributed by atoms with Gasteiger partial charge in [-0.25, -0.2) is 8.42 Å². The van der Waals surface area contributed by atoms with E-state index in [4.69, 9.17) is 0 Å². The van der Waals surface area contributed by atoms with Gasteiger partial charge in [-0.3, -0.25) is 4.79 Å². The number of aryl methyl sites for hydroxylation is 1. The summed E-state index contributed by atoms with van der Waals surface area (Å²) in [5.74, 6) is -0.542. The van der Waals surface area contributed by atoms with E-state index in [-0.39, 0.29) is 22.6 Å². The summed E-state index contributed by atoms with van der Waals surface area (Å²) >= 11 is 0. The molecule has 0 bridgehead atoms. The van der Waals surface area contributed by atoms with Gasteiger partial charge in [0.25, 0.3) is 0 Å². The van der Waals surface area contributed by atoms with Gasteiger partial charge in [-0.1, -0.05) is 38.1 Å². The summed E-state index contributed by atoms with van der Waals surface area (Å²) in [6.45, 7) is 5.74. The number of alkyl halides is 3. The molecule has 2 rings (SSSR count). The van der Waals surface area contributed by atoms with Crippen molar-refractivity contribution in [2.45, 2.75) is 38.3 Å². The van der Waals surface area contributed by atoms with Crippen LogP contribution < -0.4 is 5.32 Å². The van der Waals surface area contributed by atoms with Crippen molar-refractivity contribution in [1.82, 2.24) is 4.31 Å². The predicted molar refractivity (Wildman–Crippen MR) is 105 cm³/mol. The maximum Gasteiger partial charge on any atom is 0.416 e. The van der Waals surface area contributed by atoms with E-state index in [1.807, 2.05) is 0 Å². The fraction of sp³-hybridized carbons (Fsp3) is 0.350. The van der Waals surface area contributed by atoms with Crippen molar-refractivity contribution in [1.29, 1.82) is 0 Å². The van der Waals surface area contributed by atoms with Gasteiger partial charge in [0, 0.05) is 18.8 Å². The minimum Gasteiger partial charge on any atom is -0.326 e. The number of carbonyl (C=O) groups excluding carboxylic acids is 1. The fourth-order valence-corrected chi connectivity index (χ4v) is 4.62. The van der Waals surface area contributed by atoms with Crippen molar-refractivity contribution in [3.63, 3.8) is 0 Å². The second-order valence-corrected chi connectivity index (χ2v) is 8.40. The third-order valence-electron chi connectivity index (χ3n) is 4.41. The number of rotatable bonds is 7. The number of nitrogens with one attached hydrogen (secondary N) is 1. The zero-order valence-electron chi connectivity index (χ0n) is 16.4. The number of carbonyl (C=O) groups is 1. The number of sulfonamides is 1. The molecular formula is C20H23F3N2O3S. The van der Waals surface area contributed by atoms with Crippen LogP contribution in [0, 0.1) is 6.92 Å². The lowest BCUT2D eigenvalue weighted by Crippen LogP contribution is -2.31. The van der Waals surface area contributed by atoms with E-state index >= 15 is 0 Å². The van der Waals surface area contributed by atoms with Crippen LogP contribution in [0.4, 0.5) is 18.9 Å². The molecule has 0 aliphatic rings. The summed E-state index contributed by atoms with van der Waals surface area (Å²) < 4.78 is 65.3. The molecule has 1 N–H and O–H groups in total. The number of hydrogen-bond acceptors (Lipinski definition) is 3. The summed E-state index contributed by atoms with van der Waals surface area (Å²) in [5, 5.41) is 2.56. The Morgan fingerprint density at radius 1 is 1.07 bits per heavy atom. The highest BCUT2D eigenvalue weighted by Crippen LogP contribution is 2.29. The first-order valence-electron chi connectivity index (χ1n) is 9.05. The maximum absolute atomic E-state index is 12.8. The molecule has 0 unspecified atom stereocenters. The molecule has 0 saturated carbocycles. The molecule has 1 amide bonds. The summed E-state index contributed by atoms with van der Waals surface area (Å²) in [5.41, 5.74) is 0.178. The average molecular weight is 428 g/mol. The highest BCUT2D eigenvalue weighted by Gasteiger charge is 2.30. The van der Waals surface area contributed by atoms with E-state index in [0.717, 1.165) is 12.1 Å². The van der Waals surface area contributed by atoms with Crippen molar-refractivity contribution < 1.29 is 26.4 Å². The average Bonchev–Trinajstić information content (AvgIpc) is 2.63. The molecule has 2 aromatic rings. The van der Waals surface area contributed by atoms with Gasteiger partial charge < -0.3 is 5.32 Å². The molecule has 158 valence electrons. The minimum absolute atomic E-state index is 0.0815. The Hall–Kier alpha value is -2.39. The predicted octanol–water partition coefficient (Wildman–Crippen LogP) is 4.23. The topological polar surface area (TPSA) is 66.5 Å². The van der Waals surface area contributed by atoms with Crippen molar-refractivity contribution in [3.8, 4) is 0 Å². The highest BCUT2D eigenvalue weighted by atomic mass is 32.2. The highest BCUT2D eigenvalue weighted by molar-refractivity contribution is 7.89. The Morgan fingerprint density at radius 2 is 1.72 bits per heavy atom. The van der Waals surface area contributed by atoms with E-state index in [1.165, 1.54) is 22.5 Å². The Morgan fingerprint density at radius 3 is 2.31 bits per heavy atom. The van der Waals surface area contributed by atoms with Crippen LogP contribution in [0.3, 0.4) is 0 Å². The molecule has 9 heteroatoms. The number of amides is 1. The van der Waals surface area contributed by atoms with Crippen LogP contribution in [0.1, 0.15) is 30.5 Å². The van der Waals surface area contributed by atoms with Gasteiger partial charge in [0.15, 0.2) is 0 Å². The monoisotopic (exact) mass is 428 g/mol. The fourth-order valence-electron chi connectivity index (χ4n) is 2.91. The van der Waals surface area contributed by atoms with Crippen LogP contribution in [0.15, 0.2) is 47.4 Å². The SMILES string of the molecule is CCN(CC)S(=O)(=O)c1cc(NC(=O)Cc2cccc(C(F)(F)F)c2)ccc1C. The zero-order valence-corrected chi connectivity index (χ0v) is 17.2. The molecular weight excluding hydrogens is 405 g/mol. The minimum atomic E-state index is -4.49. The van der Waals surface area contributed by atoms with Crippen LogP contribution in [-0.4, -0.2) is 31.7 Å². The summed E-state index contributed by atoms with van der Waals surface area (Å²) in [6.07, 6.45) is -4.76. The van der Waals surface area contributed by atoms with Crippen LogP contribution in [0.5, 0.6) is 0 Å². The molecule has 0 aromatic heterocycles. The van der Waals surface area contributed by atoms with Gasteiger partial charge in [-0.15, -0.1) is 0 Å². The molecule has 0 aliphatic heterocycles. The molecule has 5 nitrogen and oxygen atoms in total. The number of halogens is 3. The van der Waals surface area contributed by atoms with Crippen LogP contribution >= 0.6 is 0 Å². The van der Waals surface area contributed by atoms with Crippen LogP contribution in [0.25, 0.3) is 0 Å². The van der Waals surface area contributed by atoms with E-state index in [1.54, 1.807) is 32.9 Å². The number of anilines is 1. The summed E-state index contributed by atoms with van der Waals surface area (Å²) in [4.78, 5) is 12.4. The van der Waals surface area contributed by atoms with Crippen molar-refractivity contribution >= 4 is 21.6 Å².